The molecule has 0 radical (unpaired) electrons. The Morgan fingerprint density at radius 2 is 2.47 bits per heavy atom. The predicted octanol–water partition coefficient (Wildman–Crippen LogP) is 2.39. The summed E-state index contributed by atoms with van der Waals surface area (Å²) in [6.45, 7) is 0.906. The van der Waals surface area contributed by atoms with E-state index in [-0.39, 0.29) is 0 Å². The van der Waals surface area contributed by atoms with E-state index in [1.807, 2.05) is 0 Å². The molecule has 4 heteroatoms. The van der Waals surface area contributed by atoms with Crippen LogP contribution in [0.4, 0.5) is 0 Å². The van der Waals surface area contributed by atoms with E-state index in [2.05, 4.69) is 39.1 Å². The average molecular weight is 219 g/mol. The Balaban J connectivity index is 1.69. The number of H-pyrrole nitrogens is 1. The van der Waals surface area contributed by atoms with Gasteiger partial charge in [0.25, 0.3) is 0 Å². The van der Waals surface area contributed by atoms with Gasteiger partial charge < -0.3 is 5.32 Å². The van der Waals surface area contributed by atoms with E-state index in [9.17, 15) is 0 Å². The summed E-state index contributed by atoms with van der Waals surface area (Å²) in [5.74, 6) is 0. The maximum Gasteiger partial charge on any atom is 0.102 e. The lowest BCUT2D eigenvalue weighted by atomic mass is 10.3. The van der Waals surface area contributed by atoms with Crippen LogP contribution >= 0.6 is 11.3 Å². The monoisotopic (exact) mass is 219 g/mol. The molecule has 0 saturated heterocycles. The minimum Gasteiger partial charge on any atom is -0.308 e. The molecule has 78 valence electrons. The molecule has 2 N–H and O–H groups in total. The van der Waals surface area contributed by atoms with Gasteiger partial charge in [-0.1, -0.05) is 6.07 Å². The van der Waals surface area contributed by atoms with Crippen molar-refractivity contribution in [3.8, 4) is 10.6 Å². The maximum absolute atomic E-state index is 4.30. The Bertz CT molecular complexity index is 428. The number of rotatable bonds is 4. The summed E-state index contributed by atoms with van der Waals surface area (Å²) in [7, 11) is 0. The summed E-state index contributed by atoms with van der Waals surface area (Å²) < 4.78 is 0. The van der Waals surface area contributed by atoms with Crippen LogP contribution < -0.4 is 5.32 Å². The molecule has 1 fully saturated rings. The maximum atomic E-state index is 4.30. The van der Waals surface area contributed by atoms with Crippen LogP contribution in [0.15, 0.2) is 23.6 Å². The molecule has 1 saturated carbocycles. The standard InChI is InChI=1S/C11H13N3S/c1-2-11(15-5-1)10-6-9(13-14-10)7-12-8-3-4-8/h1-2,5-6,8,12H,3-4,7H2,(H,13,14). The lowest BCUT2D eigenvalue weighted by Crippen LogP contribution is -2.15. The van der Waals surface area contributed by atoms with Crippen LogP contribution in [0.5, 0.6) is 0 Å². The van der Waals surface area contributed by atoms with Gasteiger partial charge in [0.2, 0.25) is 0 Å². The minimum absolute atomic E-state index is 0.749. The number of aromatic amines is 1. The third kappa shape index (κ3) is 2.11. The van der Waals surface area contributed by atoms with Gasteiger partial charge in [-0.15, -0.1) is 11.3 Å². The highest BCUT2D eigenvalue weighted by Crippen LogP contribution is 2.23. The molecule has 0 spiro atoms. The fourth-order valence-corrected chi connectivity index (χ4v) is 2.23. The van der Waals surface area contributed by atoms with Gasteiger partial charge in [-0.25, -0.2) is 0 Å². The summed E-state index contributed by atoms with van der Waals surface area (Å²) in [5.41, 5.74) is 2.22. The van der Waals surface area contributed by atoms with Crippen LogP contribution in [0.25, 0.3) is 10.6 Å². The average Bonchev–Trinajstić information content (AvgIpc) is 2.78. The third-order valence-electron chi connectivity index (χ3n) is 2.56. The van der Waals surface area contributed by atoms with E-state index in [1.54, 1.807) is 11.3 Å². The van der Waals surface area contributed by atoms with Crippen LogP contribution in [0.1, 0.15) is 18.5 Å². The number of aromatic nitrogens is 2. The summed E-state index contributed by atoms with van der Waals surface area (Å²) in [4.78, 5) is 1.23. The first-order valence-electron chi connectivity index (χ1n) is 5.23. The molecule has 0 aliphatic heterocycles. The van der Waals surface area contributed by atoms with Crippen molar-refractivity contribution in [3.05, 3.63) is 29.3 Å². The third-order valence-corrected chi connectivity index (χ3v) is 3.46. The molecule has 3 rings (SSSR count). The van der Waals surface area contributed by atoms with Gasteiger partial charge in [-0.05, 0) is 30.4 Å². The first kappa shape index (κ1) is 9.12. The van der Waals surface area contributed by atoms with E-state index >= 15 is 0 Å². The number of thiophene rings is 1. The van der Waals surface area contributed by atoms with Gasteiger partial charge in [-0.3, -0.25) is 5.10 Å². The molecule has 0 aromatic carbocycles. The fourth-order valence-electron chi connectivity index (χ4n) is 1.54. The van der Waals surface area contributed by atoms with E-state index in [0.717, 1.165) is 18.3 Å². The Hall–Kier alpha value is -1.13. The second-order valence-electron chi connectivity index (χ2n) is 3.91. The molecular weight excluding hydrogens is 206 g/mol. The second kappa shape index (κ2) is 3.79. The van der Waals surface area contributed by atoms with Crippen molar-refractivity contribution in [1.82, 2.24) is 15.5 Å². The van der Waals surface area contributed by atoms with E-state index in [4.69, 9.17) is 0 Å². The van der Waals surface area contributed by atoms with Crippen LogP contribution in [-0.2, 0) is 6.54 Å². The van der Waals surface area contributed by atoms with Gasteiger partial charge >= 0.3 is 0 Å². The van der Waals surface area contributed by atoms with Gasteiger partial charge in [-0.2, -0.15) is 5.10 Å². The number of nitrogens with zero attached hydrogens (tertiary/aromatic N) is 1. The van der Waals surface area contributed by atoms with Crippen molar-refractivity contribution in [2.24, 2.45) is 0 Å². The van der Waals surface area contributed by atoms with Crippen molar-refractivity contribution in [2.75, 3.05) is 0 Å². The van der Waals surface area contributed by atoms with Crippen LogP contribution in [-0.4, -0.2) is 16.2 Å². The molecule has 2 heterocycles. The Kier molecular flexibility index (Phi) is 2.31. The smallest absolute Gasteiger partial charge is 0.102 e. The molecule has 2 aromatic rings. The summed E-state index contributed by atoms with van der Waals surface area (Å²) >= 11 is 1.72. The van der Waals surface area contributed by atoms with Crippen molar-refractivity contribution < 1.29 is 0 Å². The van der Waals surface area contributed by atoms with Crippen LogP contribution in [0.3, 0.4) is 0 Å². The molecular formula is C11H13N3S. The van der Waals surface area contributed by atoms with Gasteiger partial charge in [0.05, 0.1) is 4.88 Å². The SMILES string of the molecule is c1csc(-c2cc(CNC3CC3)[nH]n2)c1. The van der Waals surface area contributed by atoms with Crippen molar-refractivity contribution in [1.29, 1.82) is 0 Å². The number of hydrogen-bond acceptors (Lipinski definition) is 3. The Morgan fingerprint density at radius 1 is 1.53 bits per heavy atom. The molecule has 0 atom stereocenters. The van der Waals surface area contributed by atoms with Gasteiger partial charge in [0.15, 0.2) is 0 Å². The van der Waals surface area contributed by atoms with Crippen LogP contribution in [0.2, 0.25) is 0 Å². The Morgan fingerprint density at radius 3 is 3.20 bits per heavy atom. The number of hydrogen-bond donors (Lipinski definition) is 2. The summed E-state index contributed by atoms with van der Waals surface area (Å²) in [6, 6.07) is 7.02. The first-order chi connectivity index (χ1) is 7.42. The van der Waals surface area contributed by atoms with Gasteiger partial charge in [0, 0.05) is 18.3 Å². The highest BCUT2D eigenvalue weighted by Gasteiger charge is 2.20. The first-order valence-corrected chi connectivity index (χ1v) is 6.11. The van der Waals surface area contributed by atoms with Crippen molar-refractivity contribution >= 4 is 11.3 Å². The topological polar surface area (TPSA) is 40.7 Å². The molecule has 1 aliphatic carbocycles. The Labute approximate surface area is 92.5 Å². The number of nitrogens with one attached hydrogen (secondary N) is 2. The molecule has 2 aromatic heterocycles. The quantitative estimate of drug-likeness (QED) is 0.829. The molecule has 3 nitrogen and oxygen atoms in total. The summed E-state index contributed by atoms with van der Waals surface area (Å²) in [6.07, 6.45) is 2.65. The molecule has 0 bridgehead atoms. The highest BCUT2D eigenvalue weighted by molar-refractivity contribution is 7.13. The van der Waals surface area contributed by atoms with Gasteiger partial charge in [0.1, 0.15) is 5.69 Å². The molecule has 15 heavy (non-hydrogen) atoms. The lowest BCUT2D eigenvalue weighted by molar-refractivity contribution is 0.672. The molecule has 0 amide bonds. The highest BCUT2D eigenvalue weighted by atomic mass is 32.1. The van der Waals surface area contributed by atoms with Crippen LogP contribution in [0, 0.1) is 0 Å². The zero-order chi connectivity index (χ0) is 10.1. The molecule has 0 unspecified atom stereocenters. The predicted molar refractivity (Wildman–Crippen MR) is 61.8 cm³/mol. The van der Waals surface area contributed by atoms with Crippen molar-refractivity contribution in [2.45, 2.75) is 25.4 Å². The molecule has 1 aliphatic rings. The van der Waals surface area contributed by atoms with E-state index < -0.39 is 0 Å². The largest absolute Gasteiger partial charge is 0.308 e. The fraction of sp³-hybridized carbons (Fsp3) is 0.364. The normalized spacial score (nSPS) is 15.7. The zero-order valence-electron chi connectivity index (χ0n) is 8.36. The second-order valence-corrected chi connectivity index (χ2v) is 4.86. The van der Waals surface area contributed by atoms with E-state index in [1.165, 1.54) is 23.4 Å². The zero-order valence-corrected chi connectivity index (χ0v) is 9.18. The van der Waals surface area contributed by atoms with Crippen molar-refractivity contribution in [3.63, 3.8) is 0 Å². The lowest BCUT2D eigenvalue weighted by Gasteiger charge is -1.97. The minimum atomic E-state index is 0.749. The van der Waals surface area contributed by atoms with E-state index in [0.29, 0.717) is 0 Å². The summed E-state index contributed by atoms with van der Waals surface area (Å²) in [5, 5.41) is 12.9.